The molecular formula is C12H12O2S2. The molecule has 0 bridgehead atoms. The topological polar surface area (TPSA) is 34.1 Å². The van der Waals surface area contributed by atoms with E-state index in [0.29, 0.717) is 6.42 Å². The highest BCUT2D eigenvalue weighted by Gasteiger charge is 2.01. The first-order chi connectivity index (χ1) is 7.59. The van der Waals surface area contributed by atoms with Gasteiger partial charge in [-0.1, -0.05) is 23.6 Å². The number of carbonyl (C=O) groups is 2. The van der Waals surface area contributed by atoms with Crippen molar-refractivity contribution in [3.8, 4) is 11.8 Å². The fourth-order valence-electron chi connectivity index (χ4n) is 0.990. The van der Waals surface area contributed by atoms with Crippen molar-refractivity contribution in [2.75, 3.05) is 5.75 Å². The van der Waals surface area contributed by atoms with E-state index in [1.54, 1.807) is 19.9 Å². The zero-order valence-corrected chi connectivity index (χ0v) is 10.8. The van der Waals surface area contributed by atoms with Crippen molar-refractivity contribution >= 4 is 34.0 Å². The zero-order chi connectivity index (χ0) is 12.0. The van der Waals surface area contributed by atoms with E-state index >= 15 is 0 Å². The van der Waals surface area contributed by atoms with Gasteiger partial charge in [0.1, 0.15) is 0 Å². The lowest BCUT2D eigenvalue weighted by Gasteiger charge is -1.88. The van der Waals surface area contributed by atoms with Crippen LogP contribution >= 0.6 is 23.1 Å². The first-order valence-electron chi connectivity index (χ1n) is 4.82. The Labute approximate surface area is 103 Å². The molecule has 0 aromatic carbocycles. The van der Waals surface area contributed by atoms with Gasteiger partial charge in [-0.25, -0.2) is 0 Å². The number of thiophene rings is 1. The van der Waals surface area contributed by atoms with E-state index in [2.05, 4.69) is 11.8 Å². The second-order valence-corrected chi connectivity index (χ2v) is 5.47. The van der Waals surface area contributed by atoms with Gasteiger partial charge in [-0.3, -0.25) is 9.59 Å². The summed E-state index contributed by atoms with van der Waals surface area (Å²) in [6.07, 6.45) is 0.692. The van der Waals surface area contributed by atoms with E-state index in [9.17, 15) is 9.59 Å². The largest absolute Gasteiger partial charge is 0.294 e. The van der Waals surface area contributed by atoms with Crippen LogP contribution in [0.2, 0.25) is 0 Å². The van der Waals surface area contributed by atoms with Crippen LogP contribution in [0.15, 0.2) is 12.1 Å². The normalized spacial score (nSPS) is 9.38. The lowest BCUT2D eigenvalue weighted by molar-refractivity contribution is -0.109. The third-order valence-corrected chi connectivity index (χ3v) is 3.61. The van der Waals surface area contributed by atoms with Gasteiger partial charge < -0.3 is 0 Å². The van der Waals surface area contributed by atoms with Gasteiger partial charge in [0.05, 0.1) is 9.75 Å². The molecule has 0 fully saturated rings. The van der Waals surface area contributed by atoms with Crippen molar-refractivity contribution in [1.29, 1.82) is 0 Å². The quantitative estimate of drug-likeness (QED) is 0.471. The van der Waals surface area contributed by atoms with Gasteiger partial charge in [-0.15, -0.1) is 11.3 Å². The summed E-state index contributed by atoms with van der Waals surface area (Å²) in [5.74, 6) is 6.77. The number of Topliss-reactive ketones (excluding diaryl/α,β-unsaturated/α-hetero) is 1. The van der Waals surface area contributed by atoms with Crippen LogP contribution in [0.3, 0.4) is 0 Å². The van der Waals surface area contributed by atoms with Crippen LogP contribution < -0.4 is 0 Å². The minimum absolute atomic E-state index is 0.0742. The van der Waals surface area contributed by atoms with Gasteiger partial charge in [0, 0.05) is 19.1 Å². The third kappa shape index (κ3) is 4.65. The van der Waals surface area contributed by atoms with Crippen molar-refractivity contribution in [3.05, 3.63) is 21.9 Å². The number of carbonyl (C=O) groups excluding carboxylic acids is 2. The molecule has 0 aliphatic heterocycles. The minimum atomic E-state index is 0.0742. The Hall–Kier alpha value is -1.05. The SMILES string of the molecule is CC(=O)SCCC#Cc1ccc(C(C)=O)s1. The Kier molecular flexibility index (Phi) is 5.30. The van der Waals surface area contributed by atoms with E-state index in [0.717, 1.165) is 15.5 Å². The van der Waals surface area contributed by atoms with Gasteiger partial charge in [0.2, 0.25) is 0 Å². The molecule has 0 spiro atoms. The maximum absolute atomic E-state index is 11.0. The molecule has 1 heterocycles. The summed E-state index contributed by atoms with van der Waals surface area (Å²) >= 11 is 2.69. The predicted octanol–water partition coefficient (Wildman–Crippen LogP) is 2.97. The molecule has 2 nitrogen and oxygen atoms in total. The average molecular weight is 252 g/mol. The van der Waals surface area contributed by atoms with E-state index in [1.807, 2.05) is 6.07 Å². The third-order valence-electron chi connectivity index (χ3n) is 1.70. The van der Waals surface area contributed by atoms with Crippen molar-refractivity contribution in [1.82, 2.24) is 0 Å². The summed E-state index contributed by atoms with van der Waals surface area (Å²) < 4.78 is 0. The molecule has 0 saturated carbocycles. The summed E-state index contributed by atoms with van der Waals surface area (Å²) in [4.78, 5) is 23.3. The molecule has 1 aromatic heterocycles. The molecule has 16 heavy (non-hydrogen) atoms. The molecule has 0 unspecified atom stereocenters. The number of hydrogen-bond donors (Lipinski definition) is 0. The van der Waals surface area contributed by atoms with E-state index in [1.165, 1.54) is 23.1 Å². The number of hydrogen-bond acceptors (Lipinski definition) is 4. The van der Waals surface area contributed by atoms with Crippen LogP contribution in [-0.4, -0.2) is 16.7 Å². The summed E-state index contributed by atoms with van der Waals surface area (Å²) in [6.45, 7) is 3.10. The van der Waals surface area contributed by atoms with Gasteiger partial charge in [0.25, 0.3) is 0 Å². The predicted molar refractivity (Wildman–Crippen MR) is 69.0 cm³/mol. The van der Waals surface area contributed by atoms with E-state index in [-0.39, 0.29) is 10.9 Å². The lowest BCUT2D eigenvalue weighted by atomic mass is 10.3. The van der Waals surface area contributed by atoms with Crippen molar-refractivity contribution in [2.24, 2.45) is 0 Å². The second kappa shape index (κ2) is 6.51. The van der Waals surface area contributed by atoms with Crippen molar-refractivity contribution in [3.63, 3.8) is 0 Å². The van der Waals surface area contributed by atoms with Crippen LogP contribution in [0.4, 0.5) is 0 Å². The summed E-state index contributed by atoms with van der Waals surface area (Å²) in [5, 5.41) is 0.122. The summed E-state index contributed by atoms with van der Waals surface area (Å²) in [7, 11) is 0. The Morgan fingerprint density at radius 2 is 2.12 bits per heavy atom. The maximum Gasteiger partial charge on any atom is 0.185 e. The second-order valence-electron chi connectivity index (χ2n) is 3.11. The molecule has 0 saturated heterocycles. The Bertz CT molecular complexity index is 449. The molecule has 1 aromatic rings. The first-order valence-corrected chi connectivity index (χ1v) is 6.63. The number of thioether (sulfide) groups is 1. The lowest BCUT2D eigenvalue weighted by Crippen LogP contribution is -1.84. The number of ketones is 1. The van der Waals surface area contributed by atoms with Crippen LogP contribution in [-0.2, 0) is 4.79 Å². The highest BCUT2D eigenvalue weighted by atomic mass is 32.2. The molecule has 0 N–H and O–H groups in total. The van der Waals surface area contributed by atoms with Crippen LogP contribution in [0.5, 0.6) is 0 Å². The van der Waals surface area contributed by atoms with Gasteiger partial charge in [0.15, 0.2) is 10.9 Å². The molecule has 0 radical (unpaired) electrons. The standard InChI is InChI=1S/C12H12O2S2/c1-9(13)12-7-6-11(16-12)5-3-4-8-15-10(2)14/h6-7H,4,8H2,1-2H3. The summed E-state index contributed by atoms with van der Waals surface area (Å²) in [6, 6.07) is 3.65. The van der Waals surface area contributed by atoms with Gasteiger partial charge in [-0.2, -0.15) is 0 Å². The molecule has 4 heteroatoms. The molecule has 0 aliphatic carbocycles. The maximum atomic E-state index is 11.0. The fourth-order valence-corrected chi connectivity index (χ4v) is 2.26. The van der Waals surface area contributed by atoms with Crippen LogP contribution in [0.1, 0.15) is 34.8 Å². The first kappa shape index (κ1) is 13.0. The van der Waals surface area contributed by atoms with Gasteiger partial charge >= 0.3 is 0 Å². The zero-order valence-electron chi connectivity index (χ0n) is 9.20. The average Bonchev–Trinajstić information content (AvgIpc) is 2.65. The monoisotopic (exact) mass is 252 g/mol. The summed E-state index contributed by atoms with van der Waals surface area (Å²) in [5.41, 5.74) is 0. The fraction of sp³-hybridized carbons (Fsp3) is 0.333. The molecule has 0 aliphatic rings. The van der Waals surface area contributed by atoms with Gasteiger partial charge in [-0.05, 0) is 19.1 Å². The van der Waals surface area contributed by atoms with Crippen molar-refractivity contribution < 1.29 is 9.59 Å². The van der Waals surface area contributed by atoms with Crippen LogP contribution in [0.25, 0.3) is 0 Å². The highest BCUT2D eigenvalue weighted by molar-refractivity contribution is 8.13. The Balaban J connectivity index is 2.44. The Morgan fingerprint density at radius 3 is 2.69 bits per heavy atom. The van der Waals surface area contributed by atoms with E-state index in [4.69, 9.17) is 0 Å². The van der Waals surface area contributed by atoms with E-state index < -0.39 is 0 Å². The number of rotatable bonds is 3. The molecular weight excluding hydrogens is 240 g/mol. The molecule has 84 valence electrons. The minimum Gasteiger partial charge on any atom is -0.294 e. The smallest absolute Gasteiger partial charge is 0.185 e. The molecule has 0 atom stereocenters. The molecule has 0 amide bonds. The Morgan fingerprint density at radius 1 is 1.38 bits per heavy atom. The van der Waals surface area contributed by atoms with Crippen LogP contribution in [0, 0.1) is 11.8 Å². The molecule has 1 rings (SSSR count). The highest BCUT2D eigenvalue weighted by Crippen LogP contribution is 2.15. The van der Waals surface area contributed by atoms with Crippen molar-refractivity contribution in [2.45, 2.75) is 20.3 Å².